The van der Waals surface area contributed by atoms with E-state index in [0.29, 0.717) is 18.7 Å². The first-order valence-electron chi connectivity index (χ1n) is 4.48. The number of hydrogen-bond acceptors (Lipinski definition) is 4. The molecule has 0 saturated heterocycles. The predicted molar refractivity (Wildman–Crippen MR) is 47.0 cm³/mol. The molecule has 1 heterocycles. The molecule has 1 fully saturated rings. The Kier molecular flexibility index (Phi) is 2.28. The zero-order valence-corrected chi connectivity index (χ0v) is 7.68. The lowest BCUT2D eigenvalue weighted by atomic mass is 9.89. The number of rotatable bonds is 3. The van der Waals surface area contributed by atoms with E-state index >= 15 is 0 Å². The number of methoxy groups -OCH3 is 1. The van der Waals surface area contributed by atoms with Gasteiger partial charge in [0.1, 0.15) is 0 Å². The molecule has 1 aliphatic rings. The smallest absolute Gasteiger partial charge is 0.0962 e. The monoisotopic (exact) mass is 182 g/mol. The van der Waals surface area contributed by atoms with Crippen LogP contribution in [0.2, 0.25) is 0 Å². The lowest BCUT2D eigenvalue weighted by molar-refractivity contribution is -0.0145. The molecule has 0 aromatic carbocycles. The van der Waals surface area contributed by atoms with E-state index in [4.69, 9.17) is 10.5 Å². The molecule has 1 aromatic rings. The van der Waals surface area contributed by atoms with E-state index in [9.17, 15) is 0 Å². The van der Waals surface area contributed by atoms with Gasteiger partial charge in [-0.15, -0.1) is 5.10 Å². The quantitative estimate of drug-likeness (QED) is 0.719. The average molecular weight is 182 g/mol. The van der Waals surface area contributed by atoms with E-state index in [1.807, 2.05) is 10.9 Å². The second-order valence-electron chi connectivity index (χ2n) is 3.31. The van der Waals surface area contributed by atoms with Crippen LogP contribution in [0.15, 0.2) is 6.20 Å². The lowest BCUT2D eigenvalue weighted by Crippen LogP contribution is -2.35. The predicted octanol–water partition coefficient (Wildman–Crippen LogP) is 0.0867. The van der Waals surface area contributed by atoms with E-state index in [-0.39, 0.29) is 0 Å². The van der Waals surface area contributed by atoms with Gasteiger partial charge in [0.05, 0.1) is 24.0 Å². The Morgan fingerprint density at radius 3 is 3.00 bits per heavy atom. The minimum Gasteiger partial charge on any atom is -0.379 e. The Hall–Kier alpha value is -0.940. The zero-order valence-electron chi connectivity index (χ0n) is 7.68. The summed E-state index contributed by atoms with van der Waals surface area (Å²) in [5, 5.41) is 7.95. The Morgan fingerprint density at radius 2 is 2.54 bits per heavy atom. The van der Waals surface area contributed by atoms with Crippen LogP contribution in [-0.2, 0) is 11.3 Å². The first-order valence-corrected chi connectivity index (χ1v) is 4.48. The maximum atomic E-state index is 5.44. The summed E-state index contributed by atoms with van der Waals surface area (Å²) in [5.74, 6) is 0. The van der Waals surface area contributed by atoms with Crippen LogP contribution < -0.4 is 5.73 Å². The molecule has 13 heavy (non-hydrogen) atoms. The fourth-order valence-electron chi connectivity index (χ4n) is 1.60. The van der Waals surface area contributed by atoms with Crippen molar-refractivity contribution in [1.29, 1.82) is 0 Å². The Labute approximate surface area is 76.9 Å². The van der Waals surface area contributed by atoms with Gasteiger partial charge in [-0.3, -0.25) is 0 Å². The second-order valence-corrected chi connectivity index (χ2v) is 3.31. The third-order valence-corrected chi connectivity index (χ3v) is 2.59. The summed E-state index contributed by atoms with van der Waals surface area (Å²) in [6, 6.07) is 0.359. The lowest BCUT2D eigenvalue weighted by Gasteiger charge is -2.34. The van der Waals surface area contributed by atoms with Gasteiger partial charge in [0.15, 0.2) is 0 Å². The number of hydrogen-bond donors (Lipinski definition) is 1. The van der Waals surface area contributed by atoms with Crippen LogP contribution in [0.25, 0.3) is 0 Å². The number of nitrogens with two attached hydrogens (primary N) is 1. The Balaban J connectivity index is 2.07. The average Bonchev–Trinajstić information content (AvgIpc) is 2.52. The van der Waals surface area contributed by atoms with Crippen LogP contribution in [0.1, 0.15) is 24.6 Å². The fourth-order valence-corrected chi connectivity index (χ4v) is 1.60. The Morgan fingerprint density at radius 1 is 1.69 bits per heavy atom. The van der Waals surface area contributed by atoms with Crippen LogP contribution in [0.4, 0.5) is 0 Å². The normalized spacial score (nSPS) is 27.2. The van der Waals surface area contributed by atoms with Gasteiger partial charge < -0.3 is 10.5 Å². The molecule has 0 radical (unpaired) electrons. The van der Waals surface area contributed by atoms with Gasteiger partial charge in [0, 0.05) is 13.7 Å². The molecular weight excluding hydrogens is 168 g/mol. The molecule has 2 N–H and O–H groups in total. The van der Waals surface area contributed by atoms with Gasteiger partial charge in [-0.25, -0.2) is 4.68 Å². The van der Waals surface area contributed by atoms with Crippen LogP contribution in [0, 0.1) is 0 Å². The van der Waals surface area contributed by atoms with Gasteiger partial charge in [0.25, 0.3) is 0 Å². The van der Waals surface area contributed by atoms with Gasteiger partial charge in [-0.05, 0) is 12.8 Å². The molecule has 2 atom stereocenters. The van der Waals surface area contributed by atoms with Crippen LogP contribution in [0.5, 0.6) is 0 Å². The van der Waals surface area contributed by atoms with Crippen molar-refractivity contribution < 1.29 is 4.74 Å². The summed E-state index contributed by atoms with van der Waals surface area (Å²) in [6.07, 6.45) is 4.42. The van der Waals surface area contributed by atoms with E-state index in [0.717, 1.165) is 18.5 Å². The van der Waals surface area contributed by atoms with Crippen molar-refractivity contribution in [2.75, 3.05) is 7.11 Å². The highest BCUT2D eigenvalue weighted by atomic mass is 16.5. The minimum atomic E-state index is 0.298. The number of aromatic nitrogens is 3. The maximum Gasteiger partial charge on any atom is 0.0962 e. The third-order valence-electron chi connectivity index (χ3n) is 2.59. The van der Waals surface area contributed by atoms with E-state index in [1.165, 1.54) is 0 Å². The molecule has 1 aliphatic carbocycles. The van der Waals surface area contributed by atoms with E-state index in [2.05, 4.69) is 10.3 Å². The third kappa shape index (κ3) is 1.45. The van der Waals surface area contributed by atoms with Gasteiger partial charge in [-0.1, -0.05) is 5.21 Å². The zero-order chi connectivity index (χ0) is 9.26. The van der Waals surface area contributed by atoms with Crippen LogP contribution in [0.3, 0.4) is 0 Å². The molecule has 0 amide bonds. The summed E-state index contributed by atoms with van der Waals surface area (Å²) in [7, 11) is 1.73. The summed E-state index contributed by atoms with van der Waals surface area (Å²) in [6.45, 7) is 0.449. The molecule has 2 unspecified atom stereocenters. The molecule has 0 aliphatic heterocycles. The van der Waals surface area contributed by atoms with Gasteiger partial charge in [0.2, 0.25) is 0 Å². The molecule has 5 nitrogen and oxygen atoms in total. The highest BCUT2D eigenvalue weighted by molar-refractivity contribution is 4.95. The van der Waals surface area contributed by atoms with Crippen LogP contribution in [-0.4, -0.2) is 28.2 Å². The summed E-state index contributed by atoms with van der Waals surface area (Å²) in [4.78, 5) is 0. The highest BCUT2D eigenvalue weighted by Gasteiger charge is 2.33. The topological polar surface area (TPSA) is 66.0 Å². The van der Waals surface area contributed by atoms with Crippen molar-refractivity contribution >= 4 is 0 Å². The molecule has 0 bridgehead atoms. The van der Waals surface area contributed by atoms with Crippen molar-refractivity contribution in [2.24, 2.45) is 5.73 Å². The molecule has 72 valence electrons. The van der Waals surface area contributed by atoms with Crippen molar-refractivity contribution in [3.05, 3.63) is 11.9 Å². The standard InChI is InChI=1S/C8H14N4O/c1-13-8-3-2-7(8)12-5-6(4-9)10-11-12/h5,7-8H,2-4,9H2,1H3. The second kappa shape index (κ2) is 3.43. The molecule has 0 spiro atoms. The minimum absolute atomic E-state index is 0.298. The SMILES string of the molecule is COC1CCC1n1cc(CN)nn1. The fraction of sp³-hybridized carbons (Fsp3) is 0.750. The molecule has 2 rings (SSSR count). The van der Waals surface area contributed by atoms with E-state index < -0.39 is 0 Å². The molecular formula is C8H14N4O. The van der Waals surface area contributed by atoms with Crippen molar-refractivity contribution in [1.82, 2.24) is 15.0 Å². The summed E-state index contributed by atoms with van der Waals surface area (Å²) in [5.41, 5.74) is 6.28. The molecule has 1 aromatic heterocycles. The highest BCUT2D eigenvalue weighted by Crippen LogP contribution is 2.33. The van der Waals surface area contributed by atoms with Gasteiger partial charge in [-0.2, -0.15) is 0 Å². The van der Waals surface area contributed by atoms with Crippen molar-refractivity contribution in [3.8, 4) is 0 Å². The summed E-state index contributed by atoms with van der Waals surface area (Å²) < 4.78 is 7.14. The van der Waals surface area contributed by atoms with E-state index in [1.54, 1.807) is 7.11 Å². The van der Waals surface area contributed by atoms with Crippen molar-refractivity contribution in [2.45, 2.75) is 31.5 Å². The number of nitrogens with zero attached hydrogens (tertiary/aromatic N) is 3. The molecule has 5 heteroatoms. The first kappa shape index (κ1) is 8.65. The Bertz CT molecular complexity index is 283. The largest absolute Gasteiger partial charge is 0.379 e. The van der Waals surface area contributed by atoms with Gasteiger partial charge >= 0.3 is 0 Å². The van der Waals surface area contributed by atoms with Crippen molar-refractivity contribution in [3.63, 3.8) is 0 Å². The summed E-state index contributed by atoms with van der Waals surface area (Å²) >= 11 is 0. The first-order chi connectivity index (χ1) is 6.35. The van der Waals surface area contributed by atoms with Crippen LogP contribution >= 0.6 is 0 Å². The maximum absolute atomic E-state index is 5.44. The number of ether oxygens (including phenoxy) is 1. The molecule has 1 saturated carbocycles.